The maximum Gasteiger partial charge on any atom is 0.218 e. The predicted octanol–water partition coefficient (Wildman–Crippen LogP) is 6.45. The molecule has 0 unspecified atom stereocenters. The second-order valence-corrected chi connectivity index (χ2v) is 6.54. The van der Waals surface area contributed by atoms with Crippen LogP contribution in [0, 0.1) is 6.92 Å². The lowest BCUT2D eigenvalue weighted by Gasteiger charge is -2.03. The number of hydrogen-bond acceptors (Lipinski definition) is 4. The number of halogens is 2. The summed E-state index contributed by atoms with van der Waals surface area (Å²) in [5.74, 6) is 0.383. The number of pyridine rings is 1. The van der Waals surface area contributed by atoms with E-state index in [-0.39, 0.29) is 5.88 Å². The molecule has 2 heterocycles. The van der Waals surface area contributed by atoms with Gasteiger partial charge in [-0.3, -0.25) is 0 Å². The van der Waals surface area contributed by atoms with Gasteiger partial charge in [0.1, 0.15) is 0 Å². The molecular formula is C18H12Cl2N4O. The lowest BCUT2D eigenvalue weighted by molar-refractivity contribution is 0.459. The number of hydrogen-bond donors (Lipinski definition) is 2. The van der Waals surface area contributed by atoms with Crippen LogP contribution in [0.5, 0.6) is 5.88 Å². The molecule has 0 bridgehead atoms. The van der Waals surface area contributed by atoms with Crippen LogP contribution in [-0.4, -0.2) is 15.1 Å². The molecule has 0 fully saturated rings. The van der Waals surface area contributed by atoms with Crippen molar-refractivity contribution in [1.29, 1.82) is 0 Å². The van der Waals surface area contributed by atoms with Gasteiger partial charge in [-0.2, -0.15) is 0 Å². The van der Waals surface area contributed by atoms with Gasteiger partial charge in [0.25, 0.3) is 0 Å². The molecule has 0 radical (unpaired) electrons. The summed E-state index contributed by atoms with van der Waals surface area (Å²) in [5.41, 5.74) is 2.83. The molecule has 124 valence electrons. The summed E-state index contributed by atoms with van der Waals surface area (Å²) in [7, 11) is 0. The van der Waals surface area contributed by atoms with Crippen LogP contribution in [-0.2, 0) is 0 Å². The highest BCUT2D eigenvalue weighted by atomic mass is 35.5. The fraction of sp³-hybridized carbons (Fsp3) is 0.0556. The van der Waals surface area contributed by atoms with Crippen molar-refractivity contribution >= 4 is 56.5 Å². The summed E-state index contributed by atoms with van der Waals surface area (Å²) in [6.07, 6.45) is 0. The monoisotopic (exact) mass is 370 g/mol. The quantitative estimate of drug-likeness (QED) is 0.397. The minimum Gasteiger partial charge on any atom is -0.493 e. The zero-order chi connectivity index (χ0) is 17.6. The topological polar surface area (TPSA) is 73.6 Å². The van der Waals surface area contributed by atoms with Crippen LogP contribution >= 0.6 is 23.2 Å². The van der Waals surface area contributed by atoms with Gasteiger partial charge in [0.15, 0.2) is 11.5 Å². The average Bonchev–Trinajstić information content (AvgIpc) is 2.88. The Balaban J connectivity index is 1.80. The number of H-pyrrole nitrogens is 1. The highest BCUT2D eigenvalue weighted by molar-refractivity contribution is 6.31. The number of azo groups is 1. The predicted molar refractivity (Wildman–Crippen MR) is 101 cm³/mol. The van der Waals surface area contributed by atoms with E-state index >= 15 is 0 Å². The lowest BCUT2D eigenvalue weighted by atomic mass is 10.1. The van der Waals surface area contributed by atoms with Crippen molar-refractivity contribution in [2.45, 2.75) is 6.92 Å². The first kappa shape index (κ1) is 15.9. The maximum absolute atomic E-state index is 10.1. The molecule has 4 aromatic rings. The first-order chi connectivity index (χ1) is 12.0. The summed E-state index contributed by atoms with van der Waals surface area (Å²) in [6, 6.07) is 12.5. The van der Waals surface area contributed by atoms with E-state index in [0.717, 1.165) is 22.0 Å². The van der Waals surface area contributed by atoms with Crippen molar-refractivity contribution < 1.29 is 5.11 Å². The fourth-order valence-electron chi connectivity index (χ4n) is 2.74. The summed E-state index contributed by atoms with van der Waals surface area (Å²) in [4.78, 5) is 7.31. The summed E-state index contributed by atoms with van der Waals surface area (Å²) >= 11 is 12.1. The third-order valence-electron chi connectivity index (χ3n) is 3.93. The molecule has 0 spiro atoms. The third kappa shape index (κ3) is 2.92. The van der Waals surface area contributed by atoms with Gasteiger partial charge in [-0.1, -0.05) is 23.2 Å². The zero-order valence-electron chi connectivity index (χ0n) is 13.1. The van der Waals surface area contributed by atoms with Crippen molar-refractivity contribution in [1.82, 2.24) is 9.97 Å². The van der Waals surface area contributed by atoms with Crippen molar-refractivity contribution in [2.24, 2.45) is 10.2 Å². The second-order valence-electron chi connectivity index (χ2n) is 5.67. The fourth-order valence-corrected chi connectivity index (χ4v) is 3.08. The van der Waals surface area contributed by atoms with Crippen LogP contribution in [0.2, 0.25) is 10.0 Å². The number of fused-ring (bicyclic) bond motifs is 2. The van der Waals surface area contributed by atoms with Crippen LogP contribution in [0.25, 0.3) is 21.8 Å². The van der Waals surface area contributed by atoms with Crippen molar-refractivity contribution in [3.05, 3.63) is 58.1 Å². The van der Waals surface area contributed by atoms with Gasteiger partial charge < -0.3 is 10.1 Å². The number of rotatable bonds is 2. The normalized spacial score (nSPS) is 11.8. The third-order valence-corrected chi connectivity index (χ3v) is 4.40. The van der Waals surface area contributed by atoms with Gasteiger partial charge in [-0.25, -0.2) is 4.98 Å². The second kappa shape index (κ2) is 6.02. The lowest BCUT2D eigenvalue weighted by Crippen LogP contribution is -1.83. The molecular weight excluding hydrogens is 359 g/mol. The van der Waals surface area contributed by atoms with Crippen LogP contribution in [0.3, 0.4) is 0 Å². The van der Waals surface area contributed by atoms with Crippen LogP contribution in [0.1, 0.15) is 5.56 Å². The van der Waals surface area contributed by atoms with E-state index in [1.807, 2.05) is 25.1 Å². The molecule has 7 heteroatoms. The number of nitrogens with one attached hydrogen (secondary N) is 1. The van der Waals surface area contributed by atoms with Crippen LogP contribution in [0.15, 0.2) is 52.7 Å². The van der Waals surface area contributed by atoms with E-state index in [4.69, 9.17) is 23.2 Å². The molecule has 4 rings (SSSR count). The van der Waals surface area contributed by atoms with Crippen molar-refractivity contribution in [3.63, 3.8) is 0 Å². The number of nitrogens with zero attached hydrogens (tertiary/aromatic N) is 3. The first-order valence-electron chi connectivity index (χ1n) is 7.50. The number of benzene rings is 2. The highest BCUT2D eigenvalue weighted by Gasteiger charge is 2.11. The molecule has 2 aromatic carbocycles. The molecule has 0 aliphatic rings. The molecule has 0 atom stereocenters. The van der Waals surface area contributed by atoms with E-state index in [1.54, 1.807) is 24.3 Å². The maximum atomic E-state index is 10.1. The van der Waals surface area contributed by atoms with Gasteiger partial charge in [-0.15, -0.1) is 10.2 Å². The highest BCUT2D eigenvalue weighted by Crippen LogP contribution is 2.37. The SMILES string of the molecule is Cc1cc(N=Nc2c(O)[nH]c3ccc(Cl)cc23)nc2ccc(Cl)cc12. The zero-order valence-corrected chi connectivity index (χ0v) is 14.6. The largest absolute Gasteiger partial charge is 0.493 e. The summed E-state index contributed by atoms with van der Waals surface area (Å²) in [6.45, 7) is 1.96. The minimum absolute atomic E-state index is 0.0645. The van der Waals surface area contributed by atoms with Crippen LogP contribution < -0.4 is 0 Å². The molecule has 0 saturated carbocycles. The van der Waals surface area contributed by atoms with Gasteiger partial charge in [0.05, 0.1) is 11.0 Å². The number of aromatic amines is 1. The number of aromatic nitrogens is 2. The van der Waals surface area contributed by atoms with E-state index in [2.05, 4.69) is 20.2 Å². The molecule has 2 aromatic heterocycles. The standard InChI is InChI=1S/C18H12Cl2N4O/c1-9-6-16(21-14-4-2-10(19)7-12(9)14)23-24-17-13-8-11(20)3-5-15(13)22-18(17)25/h2-8,22,25H,1H3. The molecule has 0 aliphatic carbocycles. The average molecular weight is 371 g/mol. The number of aromatic hydroxyl groups is 1. The van der Waals surface area contributed by atoms with Crippen LogP contribution in [0.4, 0.5) is 11.5 Å². The van der Waals surface area contributed by atoms with E-state index in [1.165, 1.54) is 0 Å². The molecule has 0 aliphatic heterocycles. The molecule has 25 heavy (non-hydrogen) atoms. The van der Waals surface area contributed by atoms with Gasteiger partial charge in [0, 0.05) is 20.8 Å². The van der Waals surface area contributed by atoms with Gasteiger partial charge >= 0.3 is 0 Å². The number of aryl methyl sites for hydroxylation is 1. The minimum atomic E-state index is -0.0645. The van der Waals surface area contributed by atoms with E-state index < -0.39 is 0 Å². The Morgan fingerprint density at radius 1 is 0.960 bits per heavy atom. The Morgan fingerprint density at radius 3 is 2.48 bits per heavy atom. The molecule has 0 saturated heterocycles. The Kier molecular flexibility index (Phi) is 3.82. The van der Waals surface area contributed by atoms with Gasteiger partial charge in [-0.05, 0) is 55.0 Å². The Morgan fingerprint density at radius 2 is 1.68 bits per heavy atom. The van der Waals surface area contributed by atoms with E-state index in [9.17, 15) is 5.11 Å². The summed E-state index contributed by atoms with van der Waals surface area (Å²) < 4.78 is 0. The van der Waals surface area contributed by atoms with Gasteiger partial charge in [0.2, 0.25) is 5.88 Å². The van der Waals surface area contributed by atoms with Crippen molar-refractivity contribution in [3.8, 4) is 5.88 Å². The Bertz CT molecular complexity index is 1150. The smallest absolute Gasteiger partial charge is 0.218 e. The van der Waals surface area contributed by atoms with Crippen molar-refractivity contribution in [2.75, 3.05) is 0 Å². The summed E-state index contributed by atoms with van der Waals surface area (Å²) in [5, 5.41) is 21.3. The Labute approximate surface area is 152 Å². The molecule has 5 nitrogen and oxygen atoms in total. The molecule has 0 amide bonds. The first-order valence-corrected chi connectivity index (χ1v) is 8.26. The molecule has 2 N–H and O–H groups in total. The van der Waals surface area contributed by atoms with E-state index in [0.29, 0.717) is 26.9 Å². The Hall–Kier alpha value is -2.63.